The van der Waals surface area contributed by atoms with Gasteiger partial charge in [-0.25, -0.2) is 0 Å². The Kier molecular flexibility index (Phi) is 2.97. The molecule has 0 N–H and O–H groups in total. The van der Waals surface area contributed by atoms with Crippen molar-refractivity contribution in [3.8, 4) is 0 Å². The molecular formula is C12H21+. The summed E-state index contributed by atoms with van der Waals surface area (Å²) in [7, 11) is 0. The monoisotopic (exact) mass is 165 g/mol. The van der Waals surface area contributed by atoms with Crippen LogP contribution < -0.4 is 0 Å². The normalized spacial score (nSPS) is 28.3. The number of rotatable bonds is 1. The van der Waals surface area contributed by atoms with E-state index in [4.69, 9.17) is 0 Å². The predicted molar refractivity (Wildman–Crippen MR) is 52.8 cm³/mol. The summed E-state index contributed by atoms with van der Waals surface area (Å²) in [5.74, 6) is 2.22. The predicted octanol–water partition coefficient (Wildman–Crippen LogP) is 3.96. The molecule has 0 heterocycles. The molecule has 0 aliphatic heterocycles. The van der Waals surface area contributed by atoms with E-state index in [1.165, 1.54) is 44.9 Å². The van der Waals surface area contributed by atoms with Gasteiger partial charge in [0.15, 0.2) is 0 Å². The van der Waals surface area contributed by atoms with E-state index in [1.54, 1.807) is 12.8 Å². The van der Waals surface area contributed by atoms with E-state index in [0.29, 0.717) is 0 Å². The Labute approximate surface area is 76.7 Å². The first-order chi connectivity index (χ1) is 5.97. The highest BCUT2D eigenvalue weighted by atomic mass is 14.3. The van der Waals surface area contributed by atoms with Crippen molar-refractivity contribution in [3.05, 3.63) is 6.42 Å². The topological polar surface area (TPSA) is 0 Å². The summed E-state index contributed by atoms with van der Waals surface area (Å²) in [5, 5.41) is 0. The van der Waals surface area contributed by atoms with Gasteiger partial charge in [-0.05, 0) is 24.7 Å². The lowest BCUT2D eigenvalue weighted by Crippen LogP contribution is -2.20. The Bertz CT molecular complexity index is 100. The zero-order valence-corrected chi connectivity index (χ0v) is 8.10. The average molecular weight is 165 g/mol. The lowest BCUT2D eigenvalue weighted by Gasteiger charge is -2.30. The van der Waals surface area contributed by atoms with Crippen LogP contribution >= 0.6 is 0 Å². The fraction of sp³-hybridized carbons (Fsp3) is 0.917. The van der Waals surface area contributed by atoms with Crippen LogP contribution in [0.5, 0.6) is 0 Å². The second-order valence-corrected chi connectivity index (χ2v) is 4.60. The van der Waals surface area contributed by atoms with E-state index in [1.807, 2.05) is 0 Å². The van der Waals surface area contributed by atoms with E-state index in [0.717, 1.165) is 11.8 Å². The largest absolute Gasteiger partial charge is 0.0878 e. The summed E-state index contributed by atoms with van der Waals surface area (Å²) in [6.45, 7) is 0. The maximum Gasteiger partial charge on any atom is 0.0878 e. The highest BCUT2D eigenvalue weighted by Gasteiger charge is 2.27. The minimum Gasteiger partial charge on any atom is -0.0533 e. The number of hydrogen-bond donors (Lipinski definition) is 0. The van der Waals surface area contributed by atoms with Crippen molar-refractivity contribution in [1.82, 2.24) is 0 Å². The lowest BCUT2D eigenvalue weighted by atomic mass is 9.73. The van der Waals surface area contributed by atoms with Crippen LogP contribution in [0.4, 0.5) is 0 Å². The molecule has 0 aromatic heterocycles. The van der Waals surface area contributed by atoms with Gasteiger partial charge < -0.3 is 0 Å². The summed E-state index contributed by atoms with van der Waals surface area (Å²) < 4.78 is 0. The van der Waals surface area contributed by atoms with Gasteiger partial charge in [0, 0.05) is 0 Å². The van der Waals surface area contributed by atoms with Crippen LogP contribution in [0.15, 0.2) is 0 Å². The Morgan fingerprint density at radius 1 is 0.667 bits per heavy atom. The van der Waals surface area contributed by atoms with Crippen molar-refractivity contribution in [2.45, 2.75) is 57.8 Å². The van der Waals surface area contributed by atoms with Crippen molar-refractivity contribution in [2.75, 3.05) is 0 Å². The highest BCUT2D eigenvalue weighted by Crippen LogP contribution is 2.37. The van der Waals surface area contributed by atoms with Gasteiger partial charge in [0.1, 0.15) is 0 Å². The smallest absolute Gasteiger partial charge is 0.0533 e. The van der Waals surface area contributed by atoms with Crippen LogP contribution in [0, 0.1) is 18.3 Å². The molecule has 68 valence electrons. The Morgan fingerprint density at radius 2 is 1.25 bits per heavy atom. The van der Waals surface area contributed by atoms with E-state index < -0.39 is 0 Å². The van der Waals surface area contributed by atoms with Crippen LogP contribution in [0.25, 0.3) is 0 Å². The molecule has 0 unspecified atom stereocenters. The summed E-state index contributed by atoms with van der Waals surface area (Å²) in [5.41, 5.74) is 0. The first kappa shape index (κ1) is 8.47. The van der Waals surface area contributed by atoms with Gasteiger partial charge in [0.2, 0.25) is 0 Å². The lowest BCUT2D eigenvalue weighted by molar-refractivity contribution is 0.210. The summed E-state index contributed by atoms with van der Waals surface area (Å²) in [4.78, 5) is 0. The molecule has 0 saturated heterocycles. The Balaban J connectivity index is 1.80. The molecule has 2 aliphatic carbocycles. The molecule has 0 heteroatoms. The van der Waals surface area contributed by atoms with Crippen molar-refractivity contribution in [3.63, 3.8) is 0 Å². The van der Waals surface area contributed by atoms with Crippen molar-refractivity contribution >= 4 is 0 Å². The van der Waals surface area contributed by atoms with Crippen LogP contribution in [0.1, 0.15) is 57.8 Å². The van der Waals surface area contributed by atoms with Gasteiger partial charge in [-0.15, -0.1) is 0 Å². The molecule has 12 heavy (non-hydrogen) atoms. The molecule has 0 atom stereocenters. The minimum absolute atomic E-state index is 1.11. The molecule has 2 saturated carbocycles. The standard InChI is InChI=1S/C12H21/c1-3-7-11(8-4-1)12-9-5-2-6-10-12/h1,11-12H,2-10H2/q+1. The molecular weight excluding hydrogens is 144 g/mol. The minimum atomic E-state index is 1.11. The SMILES string of the molecule is [CH+]1CCC(C2CCCCC2)CC1. The second kappa shape index (κ2) is 4.20. The third-order valence-electron chi connectivity index (χ3n) is 3.80. The number of hydrogen-bond acceptors (Lipinski definition) is 0. The van der Waals surface area contributed by atoms with Crippen LogP contribution in [0.2, 0.25) is 0 Å². The Morgan fingerprint density at radius 3 is 1.92 bits per heavy atom. The molecule has 0 aromatic rings. The maximum absolute atomic E-state index is 2.49. The van der Waals surface area contributed by atoms with Crippen molar-refractivity contribution in [1.29, 1.82) is 0 Å². The summed E-state index contributed by atoms with van der Waals surface area (Å²) in [6, 6.07) is 0. The van der Waals surface area contributed by atoms with E-state index >= 15 is 0 Å². The first-order valence-electron chi connectivity index (χ1n) is 5.78. The van der Waals surface area contributed by atoms with Crippen molar-refractivity contribution in [2.24, 2.45) is 11.8 Å². The third kappa shape index (κ3) is 1.97. The van der Waals surface area contributed by atoms with Crippen LogP contribution in [-0.2, 0) is 0 Å². The molecule has 0 spiro atoms. The van der Waals surface area contributed by atoms with Crippen molar-refractivity contribution < 1.29 is 0 Å². The summed E-state index contributed by atoms with van der Waals surface area (Å²) >= 11 is 0. The molecule has 2 rings (SSSR count). The molecule has 0 amide bonds. The van der Waals surface area contributed by atoms with Gasteiger partial charge in [-0.2, -0.15) is 0 Å². The second-order valence-electron chi connectivity index (χ2n) is 4.60. The third-order valence-corrected chi connectivity index (χ3v) is 3.80. The fourth-order valence-corrected chi connectivity index (χ4v) is 3.03. The van der Waals surface area contributed by atoms with Crippen LogP contribution in [-0.4, -0.2) is 0 Å². The zero-order valence-electron chi connectivity index (χ0n) is 8.10. The molecule has 2 aliphatic rings. The van der Waals surface area contributed by atoms with Gasteiger partial charge in [-0.3, -0.25) is 0 Å². The van der Waals surface area contributed by atoms with Gasteiger partial charge in [0.05, 0.1) is 19.3 Å². The molecule has 0 aromatic carbocycles. The molecule has 0 bridgehead atoms. The molecule has 2 fully saturated rings. The quantitative estimate of drug-likeness (QED) is 0.516. The summed E-state index contributed by atoms with van der Waals surface area (Å²) in [6.07, 6.45) is 15.9. The maximum atomic E-state index is 2.49. The van der Waals surface area contributed by atoms with E-state index in [-0.39, 0.29) is 0 Å². The first-order valence-corrected chi connectivity index (χ1v) is 5.78. The highest BCUT2D eigenvalue weighted by molar-refractivity contribution is 4.82. The van der Waals surface area contributed by atoms with Gasteiger partial charge in [-0.1, -0.05) is 32.1 Å². The van der Waals surface area contributed by atoms with Gasteiger partial charge in [0.25, 0.3) is 0 Å². The molecule has 0 nitrogen and oxygen atoms in total. The molecule has 0 radical (unpaired) electrons. The average Bonchev–Trinajstić information content (AvgIpc) is 2.21. The fourth-order valence-electron chi connectivity index (χ4n) is 3.03. The van der Waals surface area contributed by atoms with Gasteiger partial charge >= 0.3 is 0 Å². The Hall–Kier alpha value is -0.130. The zero-order chi connectivity index (χ0) is 8.23. The van der Waals surface area contributed by atoms with E-state index in [2.05, 4.69) is 6.42 Å². The van der Waals surface area contributed by atoms with Crippen LogP contribution in [0.3, 0.4) is 0 Å². The van der Waals surface area contributed by atoms with E-state index in [9.17, 15) is 0 Å².